The van der Waals surface area contributed by atoms with Crippen molar-refractivity contribution in [3.8, 4) is 0 Å². The molecule has 0 aliphatic carbocycles. The highest BCUT2D eigenvalue weighted by molar-refractivity contribution is 9.09. The molecule has 5 heteroatoms. The van der Waals surface area contributed by atoms with Gasteiger partial charge in [0.1, 0.15) is 0 Å². The summed E-state index contributed by atoms with van der Waals surface area (Å²) in [6.07, 6.45) is 0. The quantitative estimate of drug-likeness (QED) is 0.482. The van der Waals surface area contributed by atoms with E-state index in [0.29, 0.717) is 17.0 Å². The highest BCUT2D eigenvalue weighted by Crippen LogP contribution is 2.16. The second-order valence-corrected chi connectivity index (χ2v) is 3.95. The zero-order valence-corrected chi connectivity index (χ0v) is 9.98. The Bertz CT molecular complexity index is 346. The number of ketones is 1. The van der Waals surface area contributed by atoms with Crippen molar-refractivity contribution in [2.45, 2.75) is 6.92 Å². The molecule has 1 heterocycles. The summed E-state index contributed by atoms with van der Waals surface area (Å²) in [6, 6.07) is 1.56. The van der Waals surface area contributed by atoms with Crippen molar-refractivity contribution in [2.24, 2.45) is 0 Å². The largest absolute Gasteiger partial charge is 0.462 e. The van der Waals surface area contributed by atoms with Crippen LogP contribution in [0.25, 0.3) is 0 Å². The van der Waals surface area contributed by atoms with E-state index in [9.17, 15) is 9.59 Å². The molecule has 0 amide bonds. The predicted octanol–water partition coefficient (Wildman–Crippen LogP) is 2.50. The van der Waals surface area contributed by atoms with E-state index in [2.05, 4.69) is 15.9 Å². The van der Waals surface area contributed by atoms with Crippen LogP contribution in [0.3, 0.4) is 0 Å². The van der Waals surface area contributed by atoms with Gasteiger partial charge in [0.25, 0.3) is 0 Å². The number of carbonyl (C=O) groups excluding carboxylic acids is 2. The Balaban J connectivity index is 2.77. The molecule has 0 saturated carbocycles. The molecule has 0 atom stereocenters. The minimum absolute atomic E-state index is 0.0226. The third kappa shape index (κ3) is 2.65. The Labute approximate surface area is 94.2 Å². The Kier molecular flexibility index (Phi) is 4.28. The summed E-state index contributed by atoms with van der Waals surface area (Å²) in [5, 5.41) is 1.91. The number of carbonyl (C=O) groups is 2. The molecule has 0 fully saturated rings. The van der Waals surface area contributed by atoms with Gasteiger partial charge in [-0.25, -0.2) is 4.79 Å². The maximum atomic E-state index is 11.2. The van der Waals surface area contributed by atoms with Crippen molar-refractivity contribution in [2.75, 3.05) is 11.9 Å². The molecule has 76 valence electrons. The number of halogens is 1. The fourth-order valence-corrected chi connectivity index (χ4v) is 2.17. The second-order valence-electron chi connectivity index (χ2n) is 2.48. The van der Waals surface area contributed by atoms with Crippen LogP contribution in [0.5, 0.6) is 0 Å². The minimum Gasteiger partial charge on any atom is -0.462 e. The van der Waals surface area contributed by atoms with Gasteiger partial charge in [0.2, 0.25) is 0 Å². The average molecular weight is 277 g/mol. The first-order valence-corrected chi connectivity index (χ1v) is 6.04. The molecule has 3 nitrogen and oxygen atoms in total. The van der Waals surface area contributed by atoms with Crippen LogP contribution in [0.2, 0.25) is 0 Å². The second kappa shape index (κ2) is 5.26. The summed E-state index contributed by atoms with van der Waals surface area (Å²) >= 11 is 4.33. The maximum Gasteiger partial charge on any atom is 0.338 e. The molecular weight excluding hydrogens is 268 g/mol. The molecule has 0 aromatic carbocycles. The van der Waals surface area contributed by atoms with Crippen molar-refractivity contribution in [3.63, 3.8) is 0 Å². The normalized spacial score (nSPS) is 9.86. The van der Waals surface area contributed by atoms with E-state index >= 15 is 0 Å². The first-order valence-electron chi connectivity index (χ1n) is 4.03. The van der Waals surface area contributed by atoms with Gasteiger partial charge in [0, 0.05) is 5.38 Å². The van der Waals surface area contributed by atoms with Gasteiger partial charge in [0.15, 0.2) is 5.78 Å². The van der Waals surface area contributed by atoms with Crippen molar-refractivity contribution < 1.29 is 14.3 Å². The van der Waals surface area contributed by atoms with Crippen molar-refractivity contribution in [1.82, 2.24) is 0 Å². The topological polar surface area (TPSA) is 43.4 Å². The molecule has 0 saturated heterocycles. The lowest BCUT2D eigenvalue weighted by molar-refractivity contribution is 0.0527. The maximum absolute atomic E-state index is 11.2. The molecule has 0 N–H and O–H groups in total. The van der Waals surface area contributed by atoms with E-state index in [1.807, 2.05) is 0 Å². The summed E-state index contributed by atoms with van der Waals surface area (Å²) in [5.74, 6) is -0.400. The van der Waals surface area contributed by atoms with E-state index in [1.165, 1.54) is 11.3 Å². The van der Waals surface area contributed by atoms with E-state index in [-0.39, 0.29) is 17.1 Å². The van der Waals surface area contributed by atoms with Gasteiger partial charge in [-0.15, -0.1) is 11.3 Å². The molecule has 0 radical (unpaired) electrons. The Morgan fingerprint density at radius 3 is 2.86 bits per heavy atom. The highest BCUT2D eigenvalue weighted by atomic mass is 79.9. The molecule has 0 unspecified atom stereocenters. The molecule has 1 aromatic rings. The van der Waals surface area contributed by atoms with Gasteiger partial charge in [-0.1, -0.05) is 15.9 Å². The van der Waals surface area contributed by atoms with Crippen LogP contribution in [-0.4, -0.2) is 23.7 Å². The van der Waals surface area contributed by atoms with Gasteiger partial charge in [-0.2, -0.15) is 0 Å². The smallest absolute Gasteiger partial charge is 0.338 e. The number of hydrogen-bond donors (Lipinski definition) is 0. The number of alkyl halides is 1. The highest BCUT2D eigenvalue weighted by Gasteiger charge is 2.12. The van der Waals surface area contributed by atoms with Crippen LogP contribution in [0.1, 0.15) is 27.0 Å². The van der Waals surface area contributed by atoms with Crippen molar-refractivity contribution in [1.29, 1.82) is 0 Å². The zero-order valence-electron chi connectivity index (χ0n) is 7.58. The number of thiophene rings is 1. The average Bonchev–Trinajstić information content (AvgIpc) is 2.66. The lowest BCUT2D eigenvalue weighted by Crippen LogP contribution is -2.03. The van der Waals surface area contributed by atoms with Crippen LogP contribution >= 0.6 is 27.3 Å². The number of hydrogen-bond acceptors (Lipinski definition) is 4. The van der Waals surface area contributed by atoms with Crippen LogP contribution in [0, 0.1) is 0 Å². The van der Waals surface area contributed by atoms with E-state index in [4.69, 9.17) is 4.74 Å². The number of esters is 1. The molecule has 1 aromatic heterocycles. The molecule has 0 aliphatic rings. The van der Waals surface area contributed by atoms with Crippen LogP contribution < -0.4 is 0 Å². The summed E-state index contributed by atoms with van der Waals surface area (Å²) in [6.45, 7) is 2.09. The Morgan fingerprint density at radius 1 is 1.57 bits per heavy atom. The Morgan fingerprint density at radius 2 is 2.29 bits per heavy atom. The summed E-state index contributed by atoms with van der Waals surface area (Å²) in [5.41, 5.74) is 0.446. The van der Waals surface area contributed by atoms with Crippen molar-refractivity contribution in [3.05, 3.63) is 21.9 Å². The first kappa shape index (κ1) is 11.4. The molecule has 14 heavy (non-hydrogen) atoms. The van der Waals surface area contributed by atoms with Gasteiger partial charge in [0.05, 0.1) is 22.4 Å². The van der Waals surface area contributed by atoms with Crippen molar-refractivity contribution >= 4 is 39.0 Å². The predicted molar refractivity (Wildman–Crippen MR) is 58.4 cm³/mol. The van der Waals surface area contributed by atoms with Crippen LogP contribution in [0.4, 0.5) is 0 Å². The summed E-state index contributed by atoms with van der Waals surface area (Å²) in [7, 11) is 0. The summed E-state index contributed by atoms with van der Waals surface area (Å²) < 4.78 is 4.80. The number of Topliss-reactive ketones (excluding diaryl/α,β-unsaturated/α-hetero) is 1. The fraction of sp³-hybridized carbons (Fsp3) is 0.333. The molecule has 0 spiro atoms. The minimum atomic E-state index is -0.377. The van der Waals surface area contributed by atoms with Gasteiger partial charge < -0.3 is 4.74 Å². The lowest BCUT2D eigenvalue weighted by Gasteiger charge is -1.96. The summed E-state index contributed by atoms with van der Waals surface area (Å²) in [4.78, 5) is 23.0. The fourth-order valence-electron chi connectivity index (χ4n) is 0.870. The third-order valence-corrected chi connectivity index (χ3v) is 2.99. The Hall–Kier alpha value is -0.680. The van der Waals surface area contributed by atoms with Gasteiger partial charge in [-0.05, 0) is 13.0 Å². The van der Waals surface area contributed by atoms with E-state index < -0.39 is 0 Å². The van der Waals surface area contributed by atoms with Gasteiger partial charge in [-0.3, -0.25) is 4.79 Å². The molecule has 0 aliphatic heterocycles. The van der Waals surface area contributed by atoms with Gasteiger partial charge >= 0.3 is 5.97 Å². The molecule has 0 bridgehead atoms. The SMILES string of the molecule is CCOC(=O)c1csc(C(=O)CBr)c1. The van der Waals surface area contributed by atoms with E-state index in [1.54, 1.807) is 18.4 Å². The zero-order chi connectivity index (χ0) is 10.6. The van der Waals surface area contributed by atoms with E-state index in [0.717, 1.165) is 0 Å². The molecule has 1 rings (SSSR count). The van der Waals surface area contributed by atoms with Crippen LogP contribution in [-0.2, 0) is 4.74 Å². The lowest BCUT2D eigenvalue weighted by atomic mass is 10.3. The van der Waals surface area contributed by atoms with Crippen LogP contribution in [0.15, 0.2) is 11.4 Å². The number of rotatable bonds is 4. The third-order valence-electron chi connectivity index (χ3n) is 1.51. The molecular formula is C9H9BrO3S. The standard InChI is InChI=1S/C9H9BrO3S/c1-2-13-9(12)6-3-8(14-5-6)7(11)4-10/h3,5H,2,4H2,1H3. The first-order chi connectivity index (χ1) is 6.69. The monoisotopic (exact) mass is 276 g/mol. The number of ether oxygens (including phenoxy) is 1.